The van der Waals surface area contributed by atoms with Crippen molar-refractivity contribution < 1.29 is 17.4 Å². The molecule has 6 nitrogen and oxygen atoms in total. The molecule has 2 rings (SSSR count). The summed E-state index contributed by atoms with van der Waals surface area (Å²) in [6.07, 6.45) is 4.30. The molecular formula is C15H22N2O4S2. The van der Waals surface area contributed by atoms with Gasteiger partial charge in [-0.3, -0.25) is 9.00 Å². The summed E-state index contributed by atoms with van der Waals surface area (Å²) in [6, 6.07) is 6.85. The molecule has 0 aliphatic carbocycles. The van der Waals surface area contributed by atoms with Crippen molar-refractivity contribution in [2.24, 2.45) is 0 Å². The Kier molecular flexibility index (Phi) is 5.94. The minimum absolute atomic E-state index is 0.185. The van der Waals surface area contributed by atoms with Crippen molar-refractivity contribution >= 4 is 26.7 Å². The quantitative estimate of drug-likeness (QED) is 0.841. The van der Waals surface area contributed by atoms with Gasteiger partial charge in [-0.15, -0.1) is 0 Å². The highest BCUT2D eigenvalue weighted by Gasteiger charge is 2.27. The number of hydrogen-bond acceptors (Lipinski definition) is 4. The molecule has 1 heterocycles. The Bertz CT molecular complexity index is 703. The van der Waals surface area contributed by atoms with E-state index < -0.39 is 20.8 Å². The number of nitrogens with one attached hydrogen (secondary N) is 1. The minimum atomic E-state index is -3.23. The predicted molar refractivity (Wildman–Crippen MR) is 91.1 cm³/mol. The van der Waals surface area contributed by atoms with Crippen LogP contribution in [0.1, 0.15) is 28.8 Å². The summed E-state index contributed by atoms with van der Waals surface area (Å²) in [5.41, 5.74) is 1.35. The van der Waals surface area contributed by atoms with Gasteiger partial charge < -0.3 is 5.32 Å². The molecule has 0 radical (unpaired) electrons. The second kappa shape index (κ2) is 7.55. The third kappa shape index (κ3) is 5.40. The molecule has 23 heavy (non-hydrogen) atoms. The van der Waals surface area contributed by atoms with Gasteiger partial charge >= 0.3 is 0 Å². The Hall–Kier alpha value is -1.25. The molecule has 0 bridgehead atoms. The van der Waals surface area contributed by atoms with Crippen LogP contribution in [0.4, 0.5) is 0 Å². The van der Waals surface area contributed by atoms with Gasteiger partial charge in [0.15, 0.2) is 0 Å². The van der Waals surface area contributed by atoms with E-state index in [1.54, 1.807) is 24.5 Å². The van der Waals surface area contributed by atoms with Crippen molar-refractivity contribution in [1.82, 2.24) is 9.62 Å². The Morgan fingerprint density at radius 2 is 2.17 bits per heavy atom. The Morgan fingerprint density at radius 3 is 2.83 bits per heavy atom. The molecule has 1 N–H and O–H groups in total. The minimum Gasteiger partial charge on any atom is -0.348 e. The molecule has 128 valence electrons. The number of piperidine rings is 1. The summed E-state index contributed by atoms with van der Waals surface area (Å²) in [6.45, 7) is 0.812. The first-order chi connectivity index (χ1) is 10.8. The van der Waals surface area contributed by atoms with Crippen LogP contribution in [0.2, 0.25) is 0 Å². The molecule has 1 aromatic rings. The molecule has 1 saturated heterocycles. The van der Waals surface area contributed by atoms with E-state index in [4.69, 9.17) is 0 Å². The van der Waals surface area contributed by atoms with Crippen LogP contribution in [-0.4, -0.2) is 54.5 Å². The number of nitrogens with zero attached hydrogens (tertiary/aromatic N) is 1. The van der Waals surface area contributed by atoms with Crippen LogP contribution in [0.5, 0.6) is 0 Å². The van der Waals surface area contributed by atoms with Crippen LogP contribution < -0.4 is 5.32 Å². The number of sulfonamides is 1. The molecule has 0 unspecified atom stereocenters. The highest BCUT2D eigenvalue weighted by molar-refractivity contribution is 7.88. The maximum Gasteiger partial charge on any atom is 0.251 e. The van der Waals surface area contributed by atoms with E-state index in [9.17, 15) is 17.4 Å². The van der Waals surface area contributed by atoms with Gasteiger partial charge in [0.2, 0.25) is 10.0 Å². The summed E-state index contributed by atoms with van der Waals surface area (Å²) < 4.78 is 35.9. The van der Waals surface area contributed by atoms with E-state index in [0.29, 0.717) is 24.4 Å². The predicted octanol–water partition coefficient (Wildman–Crippen LogP) is 0.719. The fourth-order valence-corrected chi connectivity index (χ4v) is 4.23. The number of carbonyl (C=O) groups is 1. The molecule has 0 aromatic heterocycles. The highest BCUT2D eigenvalue weighted by Crippen LogP contribution is 2.14. The Balaban J connectivity index is 2.03. The van der Waals surface area contributed by atoms with Gasteiger partial charge in [0, 0.05) is 47.5 Å². The van der Waals surface area contributed by atoms with E-state index in [0.717, 1.165) is 18.4 Å². The van der Waals surface area contributed by atoms with E-state index in [1.807, 2.05) is 6.07 Å². The smallest absolute Gasteiger partial charge is 0.251 e. The Morgan fingerprint density at radius 1 is 1.43 bits per heavy atom. The van der Waals surface area contributed by atoms with Gasteiger partial charge in [0.25, 0.3) is 5.91 Å². The van der Waals surface area contributed by atoms with Crippen LogP contribution in [0.15, 0.2) is 24.3 Å². The Labute approximate surface area is 139 Å². The normalized spacial score (nSPS) is 20.9. The molecule has 0 spiro atoms. The van der Waals surface area contributed by atoms with Crippen molar-refractivity contribution in [1.29, 1.82) is 0 Å². The largest absolute Gasteiger partial charge is 0.348 e. The second-order valence-corrected chi connectivity index (χ2v) is 9.27. The second-order valence-electron chi connectivity index (χ2n) is 5.85. The highest BCUT2D eigenvalue weighted by atomic mass is 32.2. The lowest BCUT2D eigenvalue weighted by Gasteiger charge is -2.31. The molecule has 1 fully saturated rings. The third-order valence-corrected chi connectivity index (χ3v) is 5.76. The van der Waals surface area contributed by atoms with Gasteiger partial charge in [0.1, 0.15) is 0 Å². The van der Waals surface area contributed by atoms with Crippen LogP contribution in [0.25, 0.3) is 0 Å². The lowest BCUT2D eigenvalue weighted by atomic mass is 10.1. The van der Waals surface area contributed by atoms with E-state index in [1.165, 1.54) is 10.6 Å². The summed E-state index contributed by atoms with van der Waals surface area (Å²) in [5, 5.41) is 2.90. The zero-order chi connectivity index (χ0) is 17.0. The number of rotatable bonds is 5. The topological polar surface area (TPSA) is 83.6 Å². The summed E-state index contributed by atoms with van der Waals surface area (Å²) in [4.78, 5) is 12.4. The molecule has 2 atom stereocenters. The fourth-order valence-electron chi connectivity index (χ4n) is 2.67. The van der Waals surface area contributed by atoms with Gasteiger partial charge in [-0.2, -0.15) is 0 Å². The SMILES string of the molecule is C[S@](=O)Cc1cccc(C(=O)N[C@@H]2CCCN(S(C)(=O)=O)C2)c1. The van der Waals surface area contributed by atoms with Crippen LogP contribution >= 0.6 is 0 Å². The van der Waals surface area contributed by atoms with E-state index in [-0.39, 0.29) is 11.9 Å². The molecule has 8 heteroatoms. The van der Waals surface area contributed by atoms with Crippen molar-refractivity contribution in [3.63, 3.8) is 0 Å². The van der Waals surface area contributed by atoms with Gasteiger partial charge in [-0.05, 0) is 30.5 Å². The zero-order valence-corrected chi connectivity index (χ0v) is 15.0. The zero-order valence-electron chi connectivity index (χ0n) is 13.3. The van der Waals surface area contributed by atoms with E-state index >= 15 is 0 Å². The summed E-state index contributed by atoms with van der Waals surface area (Å²) in [5.74, 6) is 0.181. The van der Waals surface area contributed by atoms with Crippen LogP contribution in [0, 0.1) is 0 Å². The summed E-state index contributed by atoms with van der Waals surface area (Å²) in [7, 11) is -4.20. The molecule has 1 aromatic carbocycles. The standard InChI is InChI=1S/C15H22N2O4S2/c1-22(19)11-12-5-3-6-13(9-12)15(18)16-14-7-4-8-17(10-14)23(2,20)21/h3,5-6,9,14H,4,7-8,10-11H2,1-2H3,(H,16,18)/t14-,22+/m1/s1. The maximum absolute atomic E-state index is 12.4. The average Bonchev–Trinajstić information content (AvgIpc) is 2.46. The number of hydrogen-bond donors (Lipinski definition) is 1. The van der Waals surface area contributed by atoms with Gasteiger partial charge in [0.05, 0.1) is 6.26 Å². The lowest BCUT2D eigenvalue weighted by Crippen LogP contribution is -2.49. The first-order valence-corrected chi connectivity index (χ1v) is 11.0. The number of amides is 1. The third-order valence-electron chi connectivity index (χ3n) is 3.75. The first-order valence-electron chi connectivity index (χ1n) is 7.40. The first kappa shape index (κ1) is 18.1. The van der Waals surface area contributed by atoms with Crippen molar-refractivity contribution in [2.75, 3.05) is 25.6 Å². The lowest BCUT2D eigenvalue weighted by molar-refractivity contribution is 0.0921. The van der Waals surface area contributed by atoms with Crippen molar-refractivity contribution in [2.45, 2.75) is 24.6 Å². The monoisotopic (exact) mass is 358 g/mol. The molecule has 1 aliphatic rings. The molecular weight excluding hydrogens is 336 g/mol. The molecule has 0 saturated carbocycles. The fraction of sp³-hybridized carbons (Fsp3) is 0.533. The van der Waals surface area contributed by atoms with Gasteiger partial charge in [-0.1, -0.05) is 12.1 Å². The number of benzene rings is 1. The summed E-state index contributed by atoms with van der Waals surface area (Å²) >= 11 is 0. The molecule has 1 amide bonds. The van der Waals surface area contributed by atoms with Crippen LogP contribution in [-0.2, 0) is 26.6 Å². The average molecular weight is 358 g/mol. The van der Waals surface area contributed by atoms with Gasteiger partial charge in [-0.25, -0.2) is 12.7 Å². The van der Waals surface area contributed by atoms with Crippen molar-refractivity contribution in [3.8, 4) is 0 Å². The number of carbonyl (C=O) groups excluding carboxylic acids is 1. The van der Waals surface area contributed by atoms with Crippen LogP contribution in [0.3, 0.4) is 0 Å². The van der Waals surface area contributed by atoms with Crippen molar-refractivity contribution in [3.05, 3.63) is 35.4 Å². The van der Waals surface area contributed by atoms with E-state index in [2.05, 4.69) is 5.32 Å². The molecule has 1 aliphatic heterocycles. The maximum atomic E-state index is 12.4.